The molecule has 154 valence electrons. The Labute approximate surface area is 167 Å². The molecule has 1 atom stereocenters. The molecule has 0 amide bonds. The molecule has 0 saturated heterocycles. The molecule has 28 heavy (non-hydrogen) atoms. The maximum Gasteiger partial charge on any atom is 0.352 e. The quantitative estimate of drug-likeness (QED) is 0.539. The molecule has 2 aromatic rings. The monoisotopic (exact) mass is 425 g/mol. The average Bonchev–Trinajstić information content (AvgIpc) is 2.67. The molecule has 6 nitrogen and oxygen atoms in total. The maximum atomic E-state index is 13.4. The highest BCUT2D eigenvalue weighted by Crippen LogP contribution is 2.59. The van der Waals surface area contributed by atoms with Gasteiger partial charge < -0.3 is 9.05 Å². The van der Waals surface area contributed by atoms with E-state index in [-0.39, 0.29) is 24.0 Å². The minimum absolute atomic E-state index is 0.0948. The van der Waals surface area contributed by atoms with Gasteiger partial charge in [0.05, 0.1) is 18.1 Å². The fourth-order valence-electron chi connectivity index (χ4n) is 2.74. The van der Waals surface area contributed by atoms with Crippen LogP contribution in [0, 0.1) is 0 Å². The van der Waals surface area contributed by atoms with Crippen LogP contribution in [0.15, 0.2) is 59.5 Å². The van der Waals surface area contributed by atoms with Gasteiger partial charge in [-0.2, -0.15) is 4.72 Å². The van der Waals surface area contributed by atoms with Crippen molar-refractivity contribution in [2.24, 2.45) is 0 Å². The van der Waals surface area contributed by atoms with Gasteiger partial charge in [0, 0.05) is 0 Å². The lowest BCUT2D eigenvalue weighted by molar-refractivity contribution is 0.210. The predicted octanol–water partition coefficient (Wildman–Crippen LogP) is 5.05. The van der Waals surface area contributed by atoms with E-state index in [1.807, 2.05) is 13.8 Å². The summed E-state index contributed by atoms with van der Waals surface area (Å²) < 4.78 is 52.8. The van der Waals surface area contributed by atoms with E-state index in [4.69, 9.17) is 9.05 Å². The minimum atomic E-state index is -3.95. The zero-order valence-corrected chi connectivity index (χ0v) is 18.4. The van der Waals surface area contributed by atoms with Gasteiger partial charge >= 0.3 is 7.60 Å². The van der Waals surface area contributed by atoms with Crippen LogP contribution in [0.1, 0.15) is 50.5 Å². The molecular formula is C20H28NO5PS. The zero-order chi connectivity index (χ0) is 20.8. The van der Waals surface area contributed by atoms with Crippen molar-refractivity contribution in [3.05, 3.63) is 65.7 Å². The molecule has 0 fully saturated rings. The predicted molar refractivity (Wildman–Crippen MR) is 111 cm³/mol. The largest absolute Gasteiger partial charge is 0.352 e. The highest BCUT2D eigenvalue weighted by Gasteiger charge is 2.40. The van der Waals surface area contributed by atoms with E-state index in [2.05, 4.69) is 4.72 Å². The molecule has 0 aliphatic heterocycles. The summed E-state index contributed by atoms with van der Waals surface area (Å²) in [5.41, 5.74) is 1.54. The number of sulfonamides is 1. The van der Waals surface area contributed by atoms with Crippen molar-refractivity contribution >= 4 is 17.6 Å². The molecular weight excluding hydrogens is 397 g/mol. The van der Waals surface area contributed by atoms with Crippen LogP contribution in [-0.2, 0) is 23.6 Å². The van der Waals surface area contributed by atoms with Crippen LogP contribution in [0.5, 0.6) is 0 Å². The van der Waals surface area contributed by atoms with Gasteiger partial charge in [0.15, 0.2) is 0 Å². The molecule has 0 bridgehead atoms. The second-order valence-corrected chi connectivity index (χ2v) is 10.4. The lowest BCUT2D eigenvalue weighted by Gasteiger charge is -2.27. The van der Waals surface area contributed by atoms with Gasteiger partial charge in [-0.15, -0.1) is 0 Å². The van der Waals surface area contributed by atoms with E-state index in [1.54, 1.807) is 68.4 Å². The molecule has 0 radical (unpaired) electrons. The maximum absolute atomic E-state index is 13.4. The smallest absolute Gasteiger partial charge is 0.308 e. The molecule has 2 rings (SSSR count). The normalized spacial score (nSPS) is 13.6. The van der Waals surface area contributed by atoms with E-state index >= 15 is 0 Å². The zero-order valence-electron chi connectivity index (χ0n) is 16.7. The fourth-order valence-corrected chi connectivity index (χ4v) is 6.37. The summed E-state index contributed by atoms with van der Waals surface area (Å²) in [6.07, 6.45) is 0. The Balaban J connectivity index is 2.45. The van der Waals surface area contributed by atoms with Crippen LogP contribution >= 0.6 is 7.60 Å². The molecule has 1 unspecified atom stereocenters. The molecule has 0 aromatic heterocycles. The number of rotatable bonds is 10. The summed E-state index contributed by atoms with van der Waals surface area (Å²) in [5, 5.41) is 0. The van der Waals surface area contributed by atoms with Crippen LogP contribution in [0.4, 0.5) is 0 Å². The molecule has 0 saturated carbocycles. The first-order valence-corrected chi connectivity index (χ1v) is 12.4. The Kier molecular flexibility index (Phi) is 7.98. The molecule has 0 aliphatic rings. The van der Waals surface area contributed by atoms with Crippen molar-refractivity contribution in [2.75, 3.05) is 13.2 Å². The first-order valence-electron chi connectivity index (χ1n) is 9.29. The Hall–Kier alpha value is -1.50. The van der Waals surface area contributed by atoms with E-state index in [1.165, 1.54) is 0 Å². The topological polar surface area (TPSA) is 81.7 Å². The van der Waals surface area contributed by atoms with Gasteiger partial charge in [0.1, 0.15) is 5.78 Å². The summed E-state index contributed by atoms with van der Waals surface area (Å²) in [6.45, 7) is 7.71. The lowest BCUT2D eigenvalue weighted by atomic mass is 10.0. The number of hydrogen-bond donors (Lipinski definition) is 1. The Bertz CT molecular complexity index is 888. The van der Waals surface area contributed by atoms with Gasteiger partial charge in [0.2, 0.25) is 10.0 Å². The van der Waals surface area contributed by atoms with Gasteiger partial charge in [0.25, 0.3) is 0 Å². The van der Waals surface area contributed by atoms with E-state index in [0.29, 0.717) is 5.56 Å². The van der Waals surface area contributed by atoms with Gasteiger partial charge in [-0.3, -0.25) is 4.57 Å². The van der Waals surface area contributed by atoms with Crippen LogP contribution in [0.25, 0.3) is 0 Å². The van der Waals surface area contributed by atoms with Crippen molar-refractivity contribution in [3.8, 4) is 0 Å². The second kappa shape index (κ2) is 9.81. The molecule has 2 aromatic carbocycles. The van der Waals surface area contributed by atoms with Gasteiger partial charge in [-0.05, 0) is 43.0 Å². The summed E-state index contributed by atoms with van der Waals surface area (Å²) in [4.78, 5) is 0.0948. The van der Waals surface area contributed by atoms with Crippen molar-refractivity contribution in [2.45, 2.75) is 44.3 Å². The average molecular weight is 425 g/mol. The minimum Gasteiger partial charge on any atom is -0.308 e. The van der Waals surface area contributed by atoms with Crippen molar-refractivity contribution in [1.82, 2.24) is 4.72 Å². The number of benzene rings is 2. The summed E-state index contributed by atoms with van der Waals surface area (Å²) >= 11 is 0. The second-order valence-electron chi connectivity index (χ2n) is 6.53. The Morgan fingerprint density at radius 3 is 1.89 bits per heavy atom. The van der Waals surface area contributed by atoms with Gasteiger partial charge in [-0.1, -0.05) is 56.3 Å². The first-order chi connectivity index (χ1) is 13.2. The number of hydrogen-bond acceptors (Lipinski definition) is 5. The highest BCUT2D eigenvalue weighted by molar-refractivity contribution is 7.89. The SMILES string of the molecule is CCOP(=O)(OCC)C(NS(=O)(=O)c1ccc(C(C)C)cc1)c1ccccc1. The third-order valence-electron chi connectivity index (χ3n) is 4.17. The lowest BCUT2D eigenvalue weighted by Crippen LogP contribution is -2.30. The highest BCUT2D eigenvalue weighted by atomic mass is 32.2. The Morgan fingerprint density at radius 1 is 0.893 bits per heavy atom. The fraction of sp³-hybridized carbons (Fsp3) is 0.400. The van der Waals surface area contributed by atoms with Gasteiger partial charge in [-0.25, -0.2) is 8.42 Å². The molecule has 8 heteroatoms. The van der Waals surface area contributed by atoms with E-state index in [9.17, 15) is 13.0 Å². The standard InChI is InChI=1S/C20H28NO5PS/c1-5-25-27(22,26-6-2)20(18-10-8-7-9-11-18)21-28(23,24)19-14-12-17(13-15-19)16(3)4/h7-16,20-21H,5-6H2,1-4H3. The molecule has 0 aliphatic carbocycles. The number of nitrogens with one attached hydrogen (secondary N) is 1. The first kappa shape index (κ1) is 22.8. The van der Waals surface area contributed by atoms with Crippen LogP contribution in [-0.4, -0.2) is 21.6 Å². The molecule has 1 N–H and O–H groups in total. The molecule has 0 spiro atoms. The van der Waals surface area contributed by atoms with Crippen molar-refractivity contribution < 1.29 is 22.0 Å². The Morgan fingerprint density at radius 2 is 1.43 bits per heavy atom. The van der Waals surface area contributed by atoms with Crippen molar-refractivity contribution in [3.63, 3.8) is 0 Å². The summed E-state index contributed by atoms with van der Waals surface area (Å²) in [5.74, 6) is -0.860. The van der Waals surface area contributed by atoms with E-state index < -0.39 is 23.4 Å². The van der Waals surface area contributed by atoms with Crippen LogP contribution in [0.2, 0.25) is 0 Å². The van der Waals surface area contributed by atoms with E-state index in [0.717, 1.165) is 5.56 Å². The summed E-state index contributed by atoms with van der Waals surface area (Å²) in [6, 6.07) is 15.3. The molecule has 0 heterocycles. The third-order valence-corrected chi connectivity index (χ3v) is 8.08. The third kappa shape index (κ3) is 5.52. The van der Waals surface area contributed by atoms with Crippen molar-refractivity contribution in [1.29, 1.82) is 0 Å². The van der Waals surface area contributed by atoms with Crippen LogP contribution in [0.3, 0.4) is 0 Å². The van der Waals surface area contributed by atoms with Crippen LogP contribution < -0.4 is 4.72 Å². The summed E-state index contributed by atoms with van der Waals surface area (Å²) in [7, 11) is -7.74.